The van der Waals surface area contributed by atoms with Gasteiger partial charge < -0.3 is 19.1 Å². The minimum Gasteiger partial charge on any atom is -0.482 e. The van der Waals surface area contributed by atoms with Crippen molar-refractivity contribution < 1.29 is 27.4 Å². The van der Waals surface area contributed by atoms with Crippen LogP contribution in [0, 0.1) is 17.8 Å². The van der Waals surface area contributed by atoms with Gasteiger partial charge in [0.2, 0.25) is 10.0 Å². The molecule has 3 aliphatic heterocycles. The maximum Gasteiger partial charge on any atom is 0.264 e. The molecular formula is C34H43ClN2O6S. The first kappa shape index (κ1) is 31.4. The Bertz CT molecular complexity index is 1490. The van der Waals surface area contributed by atoms with Crippen molar-refractivity contribution in [3.05, 3.63) is 82.3 Å². The van der Waals surface area contributed by atoms with E-state index in [1.807, 2.05) is 31.3 Å². The quantitative estimate of drug-likeness (QED) is 0.279. The number of amides is 1. The second-order valence-corrected chi connectivity index (χ2v) is 15.3. The zero-order valence-electron chi connectivity index (χ0n) is 25.5. The molecule has 6 rings (SSSR count). The average molecular weight is 643 g/mol. The molecule has 0 aromatic heterocycles. The predicted molar refractivity (Wildman–Crippen MR) is 171 cm³/mol. The highest BCUT2D eigenvalue weighted by atomic mass is 35.5. The second kappa shape index (κ2) is 13.0. The number of epoxide rings is 1. The van der Waals surface area contributed by atoms with Crippen LogP contribution in [0.2, 0.25) is 5.02 Å². The number of carbonyl (C=O) groups excluding carboxylic acids is 1. The number of halogens is 1. The molecule has 6 atom stereocenters. The third-order valence-electron chi connectivity index (χ3n) is 9.85. The minimum absolute atomic E-state index is 0.0757. The molecule has 44 heavy (non-hydrogen) atoms. The summed E-state index contributed by atoms with van der Waals surface area (Å²) in [5, 5.41) is 0.742. The fraction of sp³-hybridized carbons (Fsp3) is 0.559. The Morgan fingerprint density at radius 3 is 2.86 bits per heavy atom. The normalized spacial score (nSPS) is 36.9. The van der Waals surface area contributed by atoms with Gasteiger partial charge in [-0.1, -0.05) is 36.7 Å². The number of benzene rings is 1. The number of allylic oxidation sites excluding steroid dienone is 3. The van der Waals surface area contributed by atoms with E-state index < -0.39 is 15.9 Å². The number of nitrogens with zero attached hydrogens (tertiary/aromatic N) is 1. The van der Waals surface area contributed by atoms with Crippen LogP contribution >= 0.6 is 11.6 Å². The van der Waals surface area contributed by atoms with E-state index in [1.54, 1.807) is 19.3 Å². The van der Waals surface area contributed by atoms with Crippen LogP contribution in [-0.4, -0.2) is 70.6 Å². The number of carbonyl (C=O) groups is 1. The Hall–Kier alpha value is -2.59. The summed E-state index contributed by atoms with van der Waals surface area (Å²) >= 11 is 6.43. The number of ether oxygens (including phenoxy) is 3. The molecule has 2 aliphatic carbocycles. The SMILES string of the molecule is COCCO[C@H]1/C=C\C[C@@H](C)CS(=O)(=O)NC(=O)C2=C/C=C3/OC3[C@]3(CCCc4cc(Cl)ccc43)CN(/C=C\2)C[C@@H]2CC[C@H]21. The molecule has 2 fully saturated rings. The van der Waals surface area contributed by atoms with E-state index in [2.05, 4.69) is 27.8 Å². The lowest BCUT2D eigenvalue weighted by atomic mass is 9.66. The van der Waals surface area contributed by atoms with E-state index in [1.165, 1.54) is 11.1 Å². The van der Waals surface area contributed by atoms with Crippen molar-refractivity contribution >= 4 is 27.5 Å². The smallest absolute Gasteiger partial charge is 0.264 e. The van der Waals surface area contributed by atoms with Gasteiger partial charge in [-0.15, -0.1) is 0 Å². The molecule has 1 saturated heterocycles. The minimum atomic E-state index is -3.84. The Balaban J connectivity index is 1.39. The lowest BCUT2D eigenvalue weighted by molar-refractivity contribution is -0.115. The summed E-state index contributed by atoms with van der Waals surface area (Å²) in [5.41, 5.74) is 2.55. The summed E-state index contributed by atoms with van der Waals surface area (Å²) < 4.78 is 46.1. The van der Waals surface area contributed by atoms with Crippen LogP contribution in [0.15, 0.2) is 66.1 Å². The van der Waals surface area contributed by atoms with Gasteiger partial charge in [0.25, 0.3) is 5.91 Å². The highest BCUT2D eigenvalue weighted by molar-refractivity contribution is 7.90. The van der Waals surface area contributed by atoms with Crippen molar-refractivity contribution in [1.82, 2.24) is 9.62 Å². The van der Waals surface area contributed by atoms with Gasteiger partial charge in [-0.25, -0.2) is 13.1 Å². The summed E-state index contributed by atoms with van der Waals surface area (Å²) in [5.74, 6) is 0.595. The lowest BCUT2D eigenvalue weighted by Crippen LogP contribution is -2.49. The first-order chi connectivity index (χ1) is 21.2. The number of fused-ring (bicyclic) bond motifs is 7. The molecule has 10 heteroatoms. The fourth-order valence-electron chi connectivity index (χ4n) is 7.50. The third kappa shape index (κ3) is 6.81. The van der Waals surface area contributed by atoms with Crippen molar-refractivity contribution in [1.29, 1.82) is 0 Å². The largest absolute Gasteiger partial charge is 0.482 e. The molecule has 1 N–H and O–H groups in total. The number of sulfonamides is 1. The van der Waals surface area contributed by atoms with E-state index in [4.69, 9.17) is 25.8 Å². The first-order valence-corrected chi connectivity index (χ1v) is 17.8. The Morgan fingerprint density at radius 2 is 2.07 bits per heavy atom. The fourth-order valence-corrected chi connectivity index (χ4v) is 9.06. The van der Waals surface area contributed by atoms with E-state index >= 15 is 0 Å². The van der Waals surface area contributed by atoms with Gasteiger partial charge in [0.15, 0.2) is 6.10 Å². The molecule has 1 amide bonds. The number of hydrogen-bond acceptors (Lipinski definition) is 7. The first-order valence-electron chi connectivity index (χ1n) is 15.8. The lowest BCUT2D eigenvalue weighted by Gasteiger charge is -2.46. The Labute approximate surface area is 266 Å². The number of aryl methyl sites for hydroxylation is 1. The Morgan fingerprint density at radius 1 is 1.20 bits per heavy atom. The van der Waals surface area contributed by atoms with Crippen molar-refractivity contribution in [2.75, 3.05) is 39.2 Å². The van der Waals surface area contributed by atoms with Gasteiger partial charge in [-0.3, -0.25) is 4.79 Å². The van der Waals surface area contributed by atoms with Crippen molar-refractivity contribution in [2.24, 2.45) is 17.8 Å². The maximum atomic E-state index is 13.3. The second-order valence-electron chi connectivity index (χ2n) is 13.1. The van der Waals surface area contributed by atoms with E-state index in [0.717, 1.165) is 49.4 Å². The predicted octanol–water partition coefficient (Wildman–Crippen LogP) is 5.05. The molecule has 1 aromatic carbocycles. The van der Waals surface area contributed by atoms with E-state index in [9.17, 15) is 13.2 Å². The van der Waals surface area contributed by atoms with Crippen LogP contribution in [0.25, 0.3) is 0 Å². The van der Waals surface area contributed by atoms with Crippen LogP contribution in [-0.2, 0) is 40.9 Å². The van der Waals surface area contributed by atoms with Crippen molar-refractivity contribution in [3.63, 3.8) is 0 Å². The molecule has 5 aliphatic rings. The number of methoxy groups -OCH3 is 1. The van der Waals surface area contributed by atoms with E-state index in [0.29, 0.717) is 38.0 Å². The van der Waals surface area contributed by atoms with E-state index in [-0.39, 0.29) is 34.9 Å². The zero-order chi connectivity index (χ0) is 30.9. The Kier molecular flexibility index (Phi) is 9.30. The molecule has 1 unspecified atom stereocenters. The number of rotatable bonds is 4. The maximum absolute atomic E-state index is 13.3. The van der Waals surface area contributed by atoms with Gasteiger partial charge in [0.1, 0.15) is 5.76 Å². The van der Waals surface area contributed by atoms with Gasteiger partial charge in [0, 0.05) is 30.8 Å². The summed E-state index contributed by atoms with van der Waals surface area (Å²) in [6, 6.07) is 6.23. The average Bonchev–Trinajstić information content (AvgIpc) is 3.74. The van der Waals surface area contributed by atoms with Crippen LogP contribution in [0.5, 0.6) is 0 Å². The highest BCUT2D eigenvalue weighted by Crippen LogP contribution is 2.52. The molecule has 0 radical (unpaired) electrons. The molecule has 8 nitrogen and oxygen atoms in total. The monoisotopic (exact) mass is 642 g/mol. The molecule has 1 aromatic rings. The molecular weight excluding hydrogens is 600 g/mol. The van der Waals surface area contributed by atoms with Crippen LogP contribution in [0.3, 0.4) is 0 Å². The topological polar surface area (TPSA) is 97.5 Å². The van der Waals surface area contributed by atoms with Crippen LogP contribution < -0.4 is 4.72 Å². The third-order valence-corrected chi connectivity index (χ3v) is 11.6. The van der Waals surface area contributed by atoms with Crippen molar-refractivity contribution in [3.8, 4) is 0 Å². The van der Waals surface area contributed by atoms with Crippen LogP contribution in [0.4, 0.5) is 0 Å². The van der Waals surface area contributed by atoms with Gasteiger partial charge in [-0.05, 0) is 104 Å². The van der Waals surface area contributed by atoms with Crippen LogP contribution in [0.1, 0.15) is 50.2 Å². The summed E-state index contributed by atoms with van der Waals surface area (Å²) in [6.45, 7) is 4.40. The zero-order valence-corrected chi connectivity index (χ0v) is 27.1. The summed E-state index contributed by atoms with van der Waals surface area (Å²) in [6.07, 6.45) is 16.9. The highest BCUT2D eigenvalue weighted by Gasteiger charge is 2.55. The van der Waals surface area contributed by atoms with Gasteiger partial charge in [0.05, 0.1) is 30.5 Å². The van der Waals surface area contributed by atoms with Gasteiger partial charge >= 0.3 is 0 Å². The van der Waals surface area contributed by atoms with Gasteiger partial charge in [-0.2, -0.15) is 0 Å². The van der Waals surface area contributed by atoms with Crippen molar-refractivity contribution in [2.45, 2.75) is 63.1 Å². The molecule has 1 spiro atoms. The molecule has 2 bridgehead atoms. The summed E-state index contributed by atoms with van der Waals surface area (Å²) in [7, 11) is -2.17. The molecule has 238 valence electrons. The molecule has 3 heterocycles. The number of nitrogens with one attached hydrogen (secondary N) is 1. The number of hydrogen-bond donors (Lipinski definition) is 1. The standard InChI is InChI=1S/C34H43ClN2O6S/c1-23-5-3-7-30(42-18-17-41-2)28-11-8-26(28)20-37-16-14-24(33(38)36-44(39,40)21-23)9-13-31-32(43-31)34(22-37)15-4-6-25-19-27(35)10-12-29(25)34/h3,7,9-10,12-14,16,19,23,26,28,30,32H,4-6,8,11,15,17-18,20-22H2,1-2H3,(H,36,38)/b7-3-,16-14-,24-9+,31-13+/t23-,26+,28-,30+,32?,34-/m1/s1. The molecule has 1 saturated carbocycles. The summed E-state index contributed by atoms with van der Waals surface area (Å²) in [4.78, 5) is 15.6.